The van der Waals surface area contributed by atoms with E-state index in [-0.39, 0.29) is 12.5 Å². The van der Waals surface area contributed by atoms with E-state index >= 15 is 0 Å². The highest BCUT2D eigenvalue weighted by molar-refractivity contribution is 5.76. The molecule has 0 aliphatic carbocycles. The van der Waals surface area contributed by atoms with Crippen molar-refractivity contribution in [3.8, 4) is 0 Å². The molecule has 1 amide bonds. The standard InChI is InChI=1S/C52H101NO4/c1-3-5-7-9-11-13-15-17-19-20-21-22-23-24-25-26-27-28-29-30-31-32-33-35-37-39-41-43-45-47-51(56)53-49(48-54)52(57)50(55)46-44-42-40-38-36-34-18-16-14-12-10-8-6-4-2/h24-25,38,40,49-50,52,54-55,57H,3-23,26-37,39,41-48H2,1-2H3,(H,53,56)/b25-24-,40-38+. The minimum atomic E-state index is -1.16. The van der Waals surface area contributed by atoms with Gasteiger partial charge >= 0.3 is 0 Å². The predicted octanol–water partition coefficient (Wildman–Crippen LogP) is 15.3. The van der Waals surface area contributed by atoms with Crippen molar-refractivity contribution in [1.29, 1.82) is 0 Å². The van der Waals surface area contributed by atoms with Gasteiger partial charge in [0.1, 0.15) is 6.10 Å². The number of nitrogens with one attached hydrogen (secondary N) is 1. The molecule has 0 saturated carbocycles. The van der Waals surface area contributed by atoms with Crippen molar-refractivity contribution in [1.82, 2.24) is 5.32 Å². The molecule has 5 nitrogen and oxygen atoms in total. The Morgan fingerprint density at radius 2 is 0.702 bits per heavy atom. The van der Waals surface area contributed by atoms with Crippen molar-refractivity contribution in [2.24, 2.45) is 0 Å². The van der Waals surface area contributed by atoms with E-state index in [0.29, 0.717) is 12.8 Å². The quantitative estimate of drug-likeness (QED) is 0.0364. The highest BCUT2D eigenvalue weighted by Crippen LogP contribution is 2.16. The zero-order valence-electron chi connectivity index (χ0n) is 38.5. The van der Waals surface area contributed by atoms with Crippen LogP contribution in [0.2, 0.25) is 0 Å². The second-order valence-corrected chi connectivity index (χ2v) is 17.7. The summed E-state index contributed by atoms with van der Waals surface area (Å²) in [7, 11) is 0. The van der Waals surface area contributed by atoms with Gasteiger partial charge in [-0.15, -0.1) is 0 Å². The molecular weight excluding hydrogens is 703 g/mol. The SMILES string of the molecule is CCCCCCCCCCC/C=C/CCCC(O)C(O)C(CO)NC(=O)CCCCCCCCCCCCCCC/C=C\CCCCCCCCCCCCCC. The molecule has 0 aliphatic heterocycles. The second kappa shape index (κ2) is 47.5. The number of allylic oxidation sites excluding steroid dienone is 4. The Balaban J connectivity index is 3.53. The van der Waals surface area contributed by atoms with Gasteiger partial charge in [-0.3, -0.25) is 4.79 Å². The third-order valence-electron chi connectivity index (χ3n) is 12.0. The summed E-state index contributed by atoms with van der Waals surface area (Å²) < 4.78 is 0. The molecular formula is C52H101NO4. The molecule has 3 atom stereocenters. The Morgan fingerprint density at radius 1 is 0.421 bits per heavy atom. The van der Waals surface area contributed by atoms with Crippen LogP contribution in [-0.2, 0) is 4.79 Å². The van der Waals surface area contributed by atoms with Gasteiger partial charge in [0.05, 0.1) is 18.8 Å². The largest absolute Gasteiger partial charge is 0.394 e. The Kier molecular flexibility index (Phi) is 46.5. The molecule has 0 heterocycles. The minimum absolute atomic E-state index is 0.152. The minimum Gasteiger partial charge on any atom is -0.394 e. The number of hydrogen-bond acceptors (Lipinski definition) is 4. The molecule has 57 heavy (non-hydrogen) atoms. The van der Waals surface area contributed by atoms with E-state index in [1.54, 1.807) is 0 Å². The van der Waals surface area contributed by atoms with Crippen molar-refractivity contribution in [3.05, 3.63) is 24.3 Å². The lowest BCUT2D eigenvalue weighted by Crippen LogP contribution is -2.50. The molecule has 0 aromatic carbocycles. The van der Waals surface area contributed by atoms with Gasteiger partial charge in [-0.05, 0) is 64.2 Å². The van der Waals surface area contributed by atoms with Crippen LogP contribution in [0.4, 0.5) is 0 Å². The molecule has 0 aromatic heterocycles. The van der Waals surface area contributed by atoms with Crippen molar-refractivity contribution < 1.29 is 20.1 Å². The lowest BCUT2D eigenvalue weighted by Gasteiger charge is -2.26. The van der Waals surface area contributed by atoms with Crippen LogP contribution in [0.3, 0.4) is 0 Å². The fourth-order valence-corrected chi connectivity index (χ4v) is 8.04. The number of unbranched alkanes of at least 4 members (excludes halogenated alkanes) is 35. The Bertz CT molecular complexity index is 844. The highest BCUT2D eigenvalue weighted by atomic mass is 16.3. The first-order chi connectivity index (χ1) is 28.1. The van der Waals surface area contributed by atoms with Crippen LogP contribution in [0.5, 0.6) is 0 Å². The summed E-state index contributed by atoms with van der Waals surface area (Å²) in [5, 5.41) is 33.6. The summed E-state index contributed by atoms with van der Waals surface area (Å²) in [6.07, 6.45) is 58.9. The monoisotopic (exact) mass is 804 g/mol. The first-order valence-corrected chi connectivity index (χ1v) is 25.6. The van der Waals surface area contributed by atoms with E-state index in [2.05, 4.69) is 43.5 Å². The zero-order valence-corrected chi connectivity index (χ0v) is 38.5. The summed E-state index contributed by atoms with van der Waals surface area (Å²) in [5.41, 5.74) is 0. The molecule has 4 N–H and O–H groups in total. The van der Waals surface area contributed by atoms with Crippen LogP contribution in [-0.4, -0.2) is 46.1 Å². The van der Waals surface area contributed by atoms with E-state index in [1.807, 2.05) is 0 Å². The van der Waals surface area contributed by atoms with E-state index in [9.17, 15) is 20.1 Å². The molecule has 0 spiro atoms. The Labute approximate surface area is 356 Å². The molecule has 0 aromatic rings. The molecule has 0 radical (unpaired) electrons. The molecule has 3 unspecified atom stereocenters. The topological polar surface area (TPSA) is 89.8 Å². The molecule has 0 saturated heterocycles. The first kappa shape index (κ1) is 55.8. The normalized spacial score (nSPS) is 13.6. The average Bonchev–Trinajstić information content (AvgIpc) is 3.22. The zero-order chi connectivity index (χ0) is 41.5. The fraction of sp³-hybridized carbons (Fsp3) is 0.904. The van der Waals surface area contributed by atoms with Crippen molar-refractivity contribution in [2.75, 3.05) is 6.61 Å². The number of carbonyl (C=O) groups is 1. The average molecular weight is 804 g/mol. The van der Waals surface area contributed by atoms with Crippen molar-refractivity contribution in [3.63, 3.8) is 0 Å². The van der Waals surface area contributed by atoms with E-state index < -0.39 is 18.2 Å². The number of rotatable bonds is 47. The van der Waals surface area contributed by atoms with Crippen LogP contribution in [0.1, 0.15) is 277 Å². The van der Waals surface area contributed by atoms with Crippen molar-refractivity contribution in [2.45, 2.75) is 295 Å². The number of hydrogen-bond donors (Lipinski definition) is 4. The van der Waals surface area contributed by atoms with Crippen LogP contribution < -0.4 is 5.32 Å². The number of aliphatic hydroxyl groups is 3. The van der Waals surface area contributed by atoms with Gasteiger partial charge in [0.2, 0.25) is 5.91 Å². The van der Waals surface area contributed by atoms with E-state index in [0.717, 1.165) is 38.5 Å². The van der Waals surface area contributed by atoms with Gasteiger partial charge in [0.15, 0.2) is 0 Å². The summed E-state index contributed by atoms with van der Waals surface area (Å²) in [4.78, 5) is 12.5. The second-order valence-electron chi connectivity index (χ2n) is 17.7. The predicted molar refractivity (Wildman–Crippen MR) is 250 cm³/mol. The van der Waals surface area contributed by atoms with Crippen LogP contribution >= 0.6 is 0 Å². The van der Waals surface area contributed by atoms with E-state index in [4.69, 9.17) is 0 Å². The molecule has 0 aliphatic rings. The maximum absolute atomic E-state index is 12.5. The molecule has 0 fully saturated rings. The summed E-state index contributed by atoms with van der Waals surface area (Å²) in [6.45, 7) is 4.18. The summed E-state index contributed by atoms with van der Waals surface area (Å²) in [5.74, 6) is -0.152. The smallest absolute Gasteiger partial charge is 0.220 e. The number of aliphatic hydroxyl groups excluding tert-OH is 3. The van der Waals surface area contributed by atoms with Gasteiger partial charge in [-0.25, -0.2) is 0 Å². The number of amides is 1. The third kappa shape index (κ3) is 42.8. The number of carbonyl (C=O) groups excluding carboxylic acids is 1. The van der Waals surface area contributed by atoms with E-state index in [1.165, 1.54) is 212 Å². The molecule has 0 rings (SSSR count). The van der Waals surface area contributed by atoms with Gasteiger partial charge in [-0.2, -0.15) is 0 Å². The maximum atomic E-state index is 12.5. The van der Waals surface area contributed by atoms with Gasteiger partial charge in [0.25, 0.3) is 0 Å². The summed E-state index contributed by atoms with van der Waals surface area (Å²) >= 11 is 0. The molecule has 5 heteroatoms. The lowest BCUT2D eigenvalue weighted by atomic mass is 10.0. The van der Waals surface area contributed by atoms with Gasteiger partial charge < -0.3 is 20.6 Å². The fourth-order valence-electron chi connectivity index (χ4n) is 8.04. The molecule has 0 bridgehead atoms. The molecule has 338 valence electrons. The Morgan fingerprint density at radius 3 is 1.02 bits per heavy atom. The van der Waals surface area contributed by atoms with Gasteiger partial charge in [-0.1, -0.05) is 231 Å². The van der Waals surface area contributed by atoms with Crippen LogP contribution in [0, 0.1) is 0 Å². The van der Waals surface area contributed by atoms with Gasteiger partial charge in [0, 0.05) is 6.42 Å². The maximum Gasteiger partial charge on any atom is 0.220 e. The third-order valence-corrected chi connectivity index (χ3v) is 12.0. The first-order valence-electron chi connectivity index (χ1n) is 25.6. The Hall–Kier alpha value is -1.17. The summed E-state index contributed by atoms with van der Waals surface area (Å²) in [6, 6.07) is -0.824. The van der Waals surface area contributed by atoms with Crippen LogP contribution in [0.15, 0.2) is 24.3 Å². The highest BCUT2D eigenvalue weighted by Gasteiger charge is 2.26. The lowest BCUT2D eigenvalue weighted by molar-refractivity contribution is -0.124. The van der Waals surface area contributed by atoms with Crippen molar-refractivity contribution >= 4 is 5.91 Å². The van der Waals surface area contributed by atoms with Crippen LogP contribution in [0.25, 0.3) is 0 Å².